The fourth-order valence-electron chi connectivity index (χ4n) is 1.48. The van der Waals surface area contributed by atoms with Crippen molar-refractivity contribution in [3.05, 3.63) is 18.0 Å². The van der Waals surface area contributed by atoms with Gasteiger partial charge in [-0.15, -0.1) is 0 Å². The van der Waals surface area contributed by atoms with Crippen LogP contribution in [-0.2, 0) is 11.2 Å². The lowest BCUT2D eigenvalue weighted by molar-refractivity contribution is -0.121. The normalized spacial score (nSPS) is 12.8. The van der Waals surface area contributed by atoms with Crippen LogP contribution in [0, 0.1) is 5.92 Å². The van der Waals surface area contributed by atoms with Crippen molar-refractivity contribution < 1.29 is 9.90 Å². The van der Waals surface area contributed by atoms with Crippen LogP contribution in [0.5, 0.6) is 0 Å². The topological polar surface area (TPSA) is 78.0 Å². The van der Waals surface area contributed by atoms with E-state index >= 15 is 0 Å². The van der Waals surface area contributed by atoms with Crippen LogP contribution in [0.1, 0.15) is 26.0 Å². The van der Waals surface area contributed by atoms with Gasteiger partial charge in [-0.25, -0.2) is 0 Å². The summed E-state index contributed by atoms with van der Waals surface area (Å²) < 4.78 is 0. The first kappa shape index (κ1) is 12.7. The van der Waals surface area contributed by atoms with E-state index in [1.54, 1.807) is 12.3 Å². The van der Waals surface area contributed by atoms with Crippen LogP contribution in [0.2, 0.25) is 0 Å². The molecule has 16 heavy (non-hydrogen) atoms. The summed E-state index contributed by atoms with van der Waals surface area (Å²) >= 11 is 0. The zero-order chi connectivity index (χ0) is 12.0. The molecule has 0 aromatic carbocycles. The number of hydrogen-bond acceptors (Lipinski definition) is 3. The van der Waals surface area contributed by atoms with Crippen molar-refractivity contribution in [1.82, 2.24) is 15.5 Å². The van der Waals surface area contributed by atoms with Crippen LogP contribution >= 0.6 is 0 Å². The molecule has 1 aromatic rings. The molecule has 0 aliphatic carbocycles. The van der Waals surface area contributed by atoms with Crippen molar-refractivity contribution in [2.24, 2.45) is 5.92 Å². The van der Waals surface area contributed by atoms with E-state index in [9.17, 15) is 9.90 Å². The maximum absolute atomic E-state index is 11.4. The van der Waals surface area contributed by atoms with Crippen molar-refractivity contribution in [1.29, 1.82) is 0 Å². The van der Waals surface area contributed by atoms with E-state index in [1.807, 2.05) is 13.8 Å². The molecule has 1 unspecified atom stereocenters. The molecule has 0 radical (unpaired) electrons. The average molecular weight is 225 g/mol. The van der Waals surface area contributed by atoms with E-state index in [4.69, 9.17) is 0 Å². The number of nitrogens with one attached hydrogen (secondary N) is 2. The summed E-state index contributed by atoms with van der Waals surface area (Å²) in [6, 6.07) is 1.75. The van der Waals surface area contributed by atoms with E-state index in [0.717, 1.165) is 5.69 Å². The van der Waals surface area contributed by atoms with E-state index in [0.29, 0.717) is 18.9 Å². The van der Waals surface area contributed by atoms with Crippen LogP contribution in [0.15, 0.2) is 12.3 Å². The number of carbonyl (C=O) groups is 1. The Morgan fingerprint density at radius 3 is 2.94 bits per heavy atom. The second-order valence-corrected chi connectivity index (χ2v) is 4.35. The monoisotopic (exact) mass is 225 g/mol. The lowest BCUT2D eigenvalue weighted by atomic mass is 10.1. The van der Waals surface area contributed by atoms with Crippen LogP contribution in [0.25, 0.3) is 0 Å². The number of aliphatic hydroxyl groups is 1. The molecule has 1 heterocycles. The SMILES string of the molecule is CC(C)CC(O)CNC(=O)Cc1ccn[nH]1. The Kier molecular flexibility index (Phi) is 4.98. The van der Waals surface area contributed by atoms with Crippen molar-refractivity contribution in [2.45, 2.75) is 32.8 Å². The molecule has 5 nitrogen and oxygen atoms in total. The van der Waals surface area contributed by atoms with Gasteiger partial charge in [0, 0.05) is 18.4 Å². The molecule has 0 spiro atoms. The Bertz CT molecular complexity index is 309. The summed E-state index contributed by atoms with van der Waals surface area (Å²) in [5.41, 5.74) is 0.774. The molecule has 1 aromatic heterocycles. The van der Waals surface area contributed by atoms with Gasteiger partial charge in [-0.05, 0) is 18.4 Å². The molecule has 1 rings (SSSR count). The first-order chi connectivity index (χ1) is 7.58. The van der Waals surface area contributed by atoms with Gasteiger partial charge >= 0.3 is 0 Å². The highest BCUT2D eigenvalue weighted by molar-refractivity contribution is 5.78. The number of rotatable bonds is 6. The summed E-state index contributed by atoms with van der Waals surface area (Å²) in [4.78, 5) is 11.4. The minimum atomic E-state index is -0.467. The van der Waals surface area contributed by atoms with Crippen LogP contribution in [-0.4, -0.2) is 33.9 Å². The standard InChI is InChI=1S/C11H19N3O2/c1-8(2)5-10(15)7-12-11(16)6-9-3-4-13-14-9/h3-4,8,10,15H,5-7H2,1-2H3,(H,12,16)(H,13,14). The largest absolute Gasteiger partial charge is 0.391 e. The minimum absolute atomic E-state index is 0.105. The molecule has 0 saturated carbocycles. The zero-order valence-electron chi connectivity index (χ0n) is 9.73. The smallest absolute Gasteiger partial charge is 0.226 e. The predicted molar refractivity (Wildman–Crippen MR) is 60.8 cm³/mol. The van der Waals surface area contributed by atoms with Gasteiger partial charge in [0.1, 0.15) is 0 Å². The van der Waals surface area contributed by atoms with E-state index < -0.39 is 6.10 Å². The molecule has 0 fully saturated rings. The van der Waals surface area contributed by atoms with Gasteiger partial charge in [-0.2, -0.15) is 5.10 Å². The number of aromatic nitrogens is 2. The number of H-pyrrole nitrogens is 1. The third kappa shape index (κ3) is 4.93. The van der Waals surface area contributed by atoms with Gasteiger partial charge in [0.05, 0.1) is 12.5 Å². The Hall–Kier alpha value is -1.36. The molecule has 0 bridgehead atoms. The Balaban J connectivity index is 2.20. The Labute approximate surface area is 95.3 Å². The fourth-order valence-corrected chi connectivity index (χ4v) is 1.48. The van der Waals surface area contributed by atoms with Crippen LogP contribution in [0.4, 0.5) is 0 Å². The Morgan fingerprint density at radius 2 is 2.38 bits per heavy atom. The van der Waals surface area contributed by atoms with Crippen molar-refractivity contribution in [2.75, 3.05) is 6.54 Å². The zero-order valence-corrected chi connectivity index (χ0v) is 9.73. The molecular formula is C11H19N3O2. The van der Waals surface area contributed by atoms with Crippen LogP contribution < -0.4 is 5.32 Å². The summed E-state index contributed by atoms with van der Waals surface area (Å²) in [5, 5.41) is 18.7. The lowest BCUT2D eigenvalue weighted by Gasteiger charge is -2.13. The maximum atomic E-state index is 11.4. The lowest BCUT2D eigenvalue weighted by Crippen LogP contribution is -2.33. The minimum Gasteiger partial charge on any atom is -0.391 e. The number of nitrogens with zero attached hydrogens (tertiary/aromatic N) is 1. The third-order valence-electron chi connectivity index (χ3n) is 2.19. The highest BCUT2D eigenvalue weighted by Crippen LogP contribution is 2.03. The molecule has 3 N–H and O–H groups in total. The van der Waals surface area contributed by atoms with Gasteiger partial charge in [0.15, 0.2) is 0 Å². The third-order valence-corrected chi connectivity index (χ3v) is 2.19. The Morgan fingerprint density at radius 1 is 1.62 bits per heavy atom. The molecule has 1 atom stereocenters. The molecule has 90 valence electrons. The van der Waals surface area contributed by atoms with Gasteiger partial charge < -0.3 is 10.4 Å². The quantitative estimate of drug-likeness (QED) is 0.658. The fraction of sp³-hybridized carbons (Fsp3) is 0.636. The first-order valence-electron chi connectivity index (χ1n) is 5.51. The van der Waals surface area contributed by atoms with Crippen molar-refractivity contribution >= 4 is 5.91 Å². The van der Waals surface area contributed by atoms with Crippen molar-refractivity contribution in [3.63, 3.8) is 0 Å². The van der Waals surface area contributed by atoms with E-state index in [1.165, 1.54) is 0 Å². The number of hydrogen-bond donors (Lipinski definition) is 3. The van der Waals surface area contributed by atoms with Gasteiger partial charge in [-0.3, -0.25) is 9.89 Å². The highest BCUT2D eigenvalue weighted by atomic mass is 16.3. The van der Waals surface area contributed by atoms with Gasteiger partial charge in [-0.1, -0.05) is 13.8 Å². The van der Waals surface area contributed by atoms with E-state index in [-0.39, 0.29) is 12.3 Å². The molecule has 0 aliphatic rings. The number of amides is 1. The average Bonchev–Trinajstić information content (AvgIpc) is 2.66. The summed E-state index contributed by atoms with van der Waals surface area (Å²) in [5.74, 6) is 0.326. The summed E-state index contributed by atoms with van der Waals surface area (Å²) in [6.45, 7) is 4.39. The molecule has 0 aliphatic heterocycles. The maximum Gasteiger partial charge on any atom is 0.226 e. The first-order valence-corrected chi connectivity index (χ1v) is 5.51. The summed E-state index contributed by atoms with van der Waals surface area (Å²) in [7, 11) is 0. The number of carbonyl (C=O) groups excluding carboxylic acids is 1. The number of aliphatic hydroxyl groups excluding tert-OH is 1. The number of aromatic amines is 1. The highest BCUT2D eigenvalue weighted by Gasteiger charge is 2.09. The molecule has 0 saturated heterocycles. The van der Waals surface area contributed by atoms with Crippen molar-refractivity contribution in [3.8, 4) is 0 Å². The van der Waals surface area contributed by atoms with Crippen LogP contribution in [0.3, 0.4) is 0 Å². The van der Waals surface area contributed by atoms with Gasteiger partial charge in [0.25, 0.3) is 0 Å². The predicted octanol–water partition coefficient (Wildman–Crippen LogP) is 0.475. The van der Waals surface area contributed by atoms with Gasteiger partial charge in [0.2, 0.25) is 5.91 Å². The molecular weight excluding hydrogens is 206 g/mol. The second-order valence-electron chi connectivity index (χ2n) is 4.35. The summed E-state index contributed by atoms with van der Waals surface area (Å²) in [6.07, 6.45) is 2.11. The molecule has 1 amide bonds. The molecule has 5 heteroatoms. The van der Waals surface area contributed by atoms with E-state index in [2.05, 4.69) is 15.5 Å². The second kappa shape index (κ2) is 6.27.